The van der Waals surface area contributed by atoms with Crippen molar-refractivity contribution in [2.24, 2.45) is 0 Å². The van der Waals surface area contributed by atoms with E-state index >= 15 is 0 Å². The van der Waals surface area contributed by atoms with Crippen molar-refractivity contribution in [1.29, 1.82) is 5.26 Å². The van der Waals surface area contributed by atoms with Gasteiger partial charge in [-0.2, -0.15) is 5.26 Å². The molecule has 132 valence electrons. The Hall–Kier alpha value is -3.62. The zero-order chi connectivity index (χ0) is 18.8. The topological polar surface area (TPSA) is 74.7 Å². The molecular weight excluding hydrogens is 340 g/mol. The number of hydrogen-bond acceptors (Lipinski definition) is 4. The smallest absolute Gasteiger partial charge is 0.209 e. The number of fused-ring (bicyclic) bond motifs is 3. The van der Waals surface area contributed by atoms with Crippen molar-refractivity contribution >= 4 is 22.2 Å². The summed E-state index contributed by atoms with van der Waals surface area (Å²) in [6, 6.07) is 22.2. The summed E-state index contributed by atoms with van der Waals surface area (Å²) in [4.78, 5) is 13.2. The molecule has 2 aromatic heterocycles. The number of carbonyl (C=O) groups is 1. The van der Waals surface area contributed by atoms with E-state index in [-0.39, 0.29) is 19.0 Å². The van der Waals surface area contributed by atoms with Crippen LogP contribution in [0.1, 0.15) is 21.6 Å². The fourth-order valence-electron chi connectivity index (χ4n) is 3.25. The van der Waals surface area contributed by atoms with Crippen LogP contribution < -0.4 is 4.74 Å². The average Bonchev–Trinajstić information content (AvgIpc) is 3.11. The Kier molecular flexibility index (Phi) is 4.33. The van der Waals surface area contributed by atoms with Crippen molar-refractivity contribution in [2.45, 2.75) is 0 Å². The summed E-state index contributed by atoms with van der Waals surface area (Å²) in [5.74, 6) is 0.318. The maximum absolute atomic E-state index is 13.2. The number of ketones is 1. The number of ether oxygens (including phenoxy) is 1. The fourth-order valence-corrected chi connectivity index (χ4v) is 3.25. The summed E-state index contributed by atoms with van der Waals surface area (Å²) in [6.45, 7) is 0.0634. The van der Waals surface area contributed by atoms with E-state index in [4.69, 9.17) is 9.84 Å². The molecule has 0 unspecified atom stereocenters. The van der Waals surface area contributed by atoms with Gasteiger partial charge in [0.2, 0.25) is 5.78 Å². The van der Waals surface area contributed by atoms with Gasteiger partial charge in [0.05, 0.1) is 28.9 Å². The van der Waals surface area contributed by atoms with E-state index < -0.39 is 0 Å². The number of aromatic nitrogens is 1. The van der Waals surface area contributed by atoms with E-state index in [0.29, 0.717) is 28.1 Å². The van der Waals surface area contributed by atoms with Gasteiger partial charge in [-0.1, -0.05) is 36.4 Å². The Bertz CT molecular complexity index is 1200. The summed E-state index contributed by atoms with van der Waals surface area (Å²) in [7, 11) is 0. The highest BCUT2D eigenvalue weighted by Gasteiger charge is 2.19. The molecule has 0 fully saturated rings. The van der Waals surface area contributed by atoms with Gasteiger partial charge in [-0.25, -0.2) is 0 Å². The van der Waals surface area contributed by atoms with Crippen LogP contribution in [0.5, 0.6) is 5.75 Å². The van der Waals surface area contributed by atoms with Gasteiger partial charge in [0, 0.05) is 5.56 Å². The lowest BCUT2D eigenvalue weighted by atomic mass is 10.1. The standard InChI is InChI=1S/C22H16N2O3/c23-14-17-13-21(22(26)16-5-3-6-18(12-16)27-11-10-25)24-19-7-2-1-4-15(19)8-9-20(17)24/h1-9,12-13,25H,10-11H2. The van der Waals surface area contributed by atoms with Gasteiger partial charge in [-0.05, 0) is 35.7 Å². The zero-order valence-electron chi connectivity index (χ0n) is 14.4. The largest absolute Gasteiger partial charge is 0.491 e. The number of para-hydroxylation sites is 1. The first kappa shape index (κ1) is 16.8. The third-order valence-corrected chi connectivity index (χ3v) is 4.45. The molecular formula is C22H16N2O3. The predicted octanol–water partition coefficient (Wildman–Crippen LogP) is 3.57. The maximum atomic E-state index is 13.2. The zero-order valence-corrected chi connectivity index (χ0v) is 14.4. The van der Waals surface area contributed by atoms with Gasteiger partial charge in [0.15, 0.2) is 0 Å². The quantitative estimate of drug-likeness (QED) is 0.555. The first-order valence-electron chi connectivity index (χ1n) is 8.54. The van der Waals surface area contributed by atoms with Gasteiger partial charge < -0.3 is 14.2 Å². The van der Waals surface area contributed by atoms with Crippen LogP contribution in [0.4, 0.5) is 0 Å². The van der Waals surface area contributed by atoms with Crippen LogP contribution in [0.25, 0.3) is 16.4 Å². The third-order valence-electron chi connectivity index (χ3n) is 4.45. The number of benzene rings is 2. The number of carbonyl (C=O) groups excluding carboxylic acids is 1. The van der Waals surface area contributed by atoms with Crippen LogP contribution in [-0.4, -0.2) is 28.5 Å². The van der Waals surface area contributed by atoms with Gasteiger partial charge in [-0.15, -0.1) is 0 Å². The Morgan fingerprint density at radius 1 is 1.04 bits per heavy atom. The molecule has 27 heavy (non-hydrogen) atoms. The fraction of sp³-hybridized carbons (Fsp3) is 0.0909. The molecule has 2 aromatic carbocycles. The molecule has 0 saturated heterocycles. The molecule has 0 radical (unpaired) electrons. The monoisotopic (exact) mass is 356 g/mol. The molecule has 0 spiro atoms. The van der Waals surface area contributed by atoms with Gasteiger partial charge in [-0.3, -0.25) is 4.79 Å². The SMILES string of the molecule is N#Cc1cc(C(=O)c2cccc(OCCO)c2)n2c1ccc1ccccc12. The molecule has 5 heteroatoms. The summed E-state index contributed by atoms with van der Waals surface area (Å²) in [6.07, 6.45) is 0. The molecule has 4 rings (SSSR count). The van der Waals surface area contributed by atoms with E-state index in [0.717, 1.165) is 10.9 Å². The number of pyridine rings is 1. The first-order chi connectivity index (χ1) is 13.2. The van der Waals surface area contributed by atoms with Gasteiger partial charge in [0.25, 0.3) is 0 Å². The second kappa shape index (κ2) is 6.94. The Morgan fingerprint density at radius 3 is 2.70 bits per heavy atom. The lowest BCUT2D eigenvalue weighted by Gasteiger charge is -2.09. The molecule has 0 aliphatic carbocycles. The van der Waals surface area contributed by atoms with E-state index in [1.165, 1.54) is 0 Å². The van der Waals surface area contributed by atoms with Crippen LogP contribution >= 0.6 is 0 Å². The Labute approximate surface area is 155 Å². The molecule has 0 saturated carbocycles. The molecule has 0 bridgehead atoms. The number of hydrogen-bond donors (Lipinski definition) is 1. The van der Waals surface area contributed by atoms with E-state index in [9.17, 15) is 10.1 Å². The Balaban J connectivity index is 1.90. The number of rotatable bonds is 5. The van der Waals surface area contributed by atoms with E-state index in [1.807, 2.05) is 40.8 Å². The molecule has 0 aliphatic heterocycles. The average molecular weight is 356 g/mol. The lowest BCUT2D eigenvalue weighted by Crippen LogP contribution is -2.07. The normalized spacial score (nSPS) is 10.8. The van der Waals surface area contributed by atoms with Crippen LogP contribution in [0.3, 0.4) is 0 Å². The molecule has 1 N–H and O–H groups in total. The van der Waals surface area contributed by atoms with Crippen LogP contribution in [0.2, 0.25) is 0 Å². The maximum Gasteiger partial charge on any atom is 0.209 e. The highest BCUT2D eigenvalue weighted by atomic mass is 16.5. The number of aliphatic hydroxyl groups is 1. The minimum absolute atomic E-state index is 0.0982. The highest BCUT2D eigenvalue weighted by Crippen LogP contribution is 2.26. The van der Waals surface area contributed by atoms with Gasteiger partial charge >= 0.3 is 0 Å². The highest BCUT2D eigenvalue weighted by molar-refractivity contribution is 6.10. The minimum Gasteiger partial charge on any atom is -0.491 e. The summed E-state index contributed by atoms with van der Waals surface area (Å²) < 4.78 is 7.24. The van der Waals surface area contributed by atoms with Crippen molar-refractivity contribution in [1.82, 2.24) is 4.40 Å². The minimum atomic E-state index is -0.197. The Morgan fingerprint density at radius 2 is 1.89 bits per heavy atom. The second-order valence-electron chi connectivity index (χ2n) is 6.10. The second-order valence-corrected chi connectivity index (χ2v) is 6.10. The number of aliphatic hydroxyl groups excluding tert-OH is 1. The van der Waals surface area contributed by atoms with Crippen LogP contribution in [0.15, 0.2) is 66.7 Å². The van der Waals surface area contributed by atoms with E-state index in [1.54, 1.807) is 30.3 Å². The summed E-state index contributed by atoms with van der Waals surface area (Å²) in [5.41, 5.74) is 2.91. The summed E-state index contributed by atoms with van der Waals surface area (Å²) in [5, 5.41) is 19.4. The molecule has 0 atom stereocenters. The number of nitriles is 1. The van der Waals surface area contributed by atoms with Crippen LogP contribution in [0, 0.1) is 11.3 Å². The third kappa shape index (κ3) is 2.92. The number of nitrogens with zero attached hydrogens (tertiary/aromatic N) is 2. The van der Waals surface area contributed by atoms with Crippen molar-refractivity contribution in [2.75, 3.05) is 13.2 Å². The predicted molar refractivity (Wildman–Crippen MR) is 102 cm³/mol. The van der Waals surface area contributed by atoms with Crippen molar-refractivity contribution in [3.63, 3.8) is 0 Å². The summed E-state index contributed by atoms with van der Waals surface area (Å²) >= 11 is 0. The van der Waals surface area contributed by atoms with E-state index in [2.05, 4.69) is 6.07 Å². The van der Waals surface area contributed by atoms with Crippen molar-refractivity contribution in [3.8, 4) is 11.8 Å². The van der Waals surface area contributed by atoms with Crippen LogP contribution in [-0.2, 0) is 0 Å². The lowest BCUT2D eigenvalue weighted by molar-refractivity contribution is 0.103. The van der Waals surface area contributed by atoms with Crippen molar-refractivity contribution < 1.29 is 14.6 Å². The molecule has 5 nitrogen and oxygen atoms in total. The first-order valence-corrected chi connectivity index (χ1v) is 8.54. The molecule has 0 aliphatic rings. The van der Waals surface area contributed by atoms with Crippen molar-refractivity contribution in [3.05, 3.63) is 83.6 Å². The van der Waals surface area contributed by atoms with Gasteiger partial charge in [0.1, 0.15) is 18.4 Å². The molecule has 0 amide bonds. The molecule has 4 aromatic rings. The molecule has 2 heterocycles.